The summed E-state index contributed by atoms with van der Waals surface area (Å²) in [5, 5.41) is 0. The van der Waals surface area contributed by atoms with E-state index < -0.39 is 15.9 Å². The molecule has 0 fully saturated rings. The van der Waals surface area contributed by atoms with Gasteiger partial charge in [-0.15, -0.1) is 0 Å². The maximum absolute atomic E-state index is 12.2. The van der Waals surface area contributed by atoms with Crippen molar-refractivity contribution in [3.8, 4) is 16.9 Å². The van der Waals surface area contributed by atoms with Gasteiger partial charge in [0.05, 0.1) is 18.4 Å². The Kier molecular flexibility index (Phi) is 5.56. The number of rotatable bonds is 6. The molecule has 7 heteroatoms. The van der Waals surface area contributed by atoms with Crippen LogP contribution in [-0.2, 0) is 10.0 Å². The Morgan fingerprint density at radius 1 is 1.17 bits per heavy atom. The second-order valence-corrected chi connectivity index (χ2v) is 7.56. The smallest absolute Gasteiger partial charge is 0.266 e. The number of aromatic nitrogens is 1. The van der Waals surface area contributed by atoms with Crippen molar-refractivity contribution in [3.05, 3.63) is 48.3 Å². The van der Waals surface area contributed by atoms with Crippen LogP contribution in [0.4, 0.5) is 0 Å². The molecule has 0 aliphatic carbocycles. The van der Waals surface area contributed by atoms with E-state index in [0.717, 1.165) is 11.3 Å². The Balaban J connectivity index is 2.21. The first-order valence-electron chi connectivity index (χ1n) is 7.45. The van der Waals surface area contributed by atoms with E-state index in [9.17, 15) is 13.2 Å². The van der Waals surface area contributed by atoms with Gasteiger partial charge in [0.15, 0.2) is 0 Å². The molecule has 6 nitrogen and oxygen atoms in total. The number of pyridine rings is 1. The van der Waals surface area contributed by atoms with Crippen molar-refractivity contribution in [2.45, 2.75) is 13.8 Å². The summed E-state index contributed by atoms with van der Waals surface area (Å²) in [7, 11) is -2.08. The van der Waals surface area contributed by atoms with Gasteiger partial charge in [-0.05, 0) is 29.7 Å². The van der Waals surface area contributed by atoms with Gasteiger partial charge < -0.3 is 4.74 Å². The number of hydrogen-bond acceptors (Lipinski definition) is 5. The average molecular weight is 348 g/mol. The van der Waals surface area contributed by atoms with Crippen molar-refractivity contribution in [2.24, 2.45) is 5.92 Å². The molecule has 0 aliphatic rings. The van der Waals surface area contributed by atoms with Crippen molar-refractivity contribution < 1.29 is 17.9 Å². The SMILES string of the molecule is COc1ccc(-c2cncc(C(=O)NS(=O)(=O)CC(C)C)c2)cc1. The molecule has 0 radical (unpaired) electrons. The molecule has 1 amide bonds. The third-order valence-corrected chi connectivity index (χ3v) is 4.83. The van der Waals surface area contributed by atoms with Gasteiger partial charge in [-0.1, -0.05) is 26.0 Å². The number of amides is 1. The first kappa shape index (κ1) is 17.9. The fourth-order valence-corrected chi connectivity index (χ4v) is 3.55. The van der Waals surface area contributed by atoms with Gasteiger partial charge in [-0.3, -0.25) is 9.78 Å². The lowest BCUT2D eigenvalue weighted by molar-refractivity contribution is 0.0981. The van der Waals surface area contributed by atoms with Crippen LogP contribution in [0.25, 0.3) is 11.1 Å². The van der Waals surface area contributed by atoms with E-state index in [1.807, 2.05) is 12.1 Å². The standard InChI is InChI=1S/C17H20N2O4S/c1-12(2)11-24(21,22)19-17(20)15-8-14(9-18-10-15)13-4-6-16(23-3)7-5-13/h4-10,12H,11H2,1-3H3,(H,19,20). The van der Waals surface area contributed by atoms with Crippen LogP contribution in [0.3, 0.4) is 0 Å². The van der Waals surface area contributed by atoms with E-state index in [1.54, 1.807) is 45.4 Å². The molecule has 128 valence electrons. The van der Waals surface area contributed by atoms with E-state index in [0.29, 0.717) is 5.56 Å². The third-order valence-electron chi connectivity index (χ3n) is 3.22. The van der Waals surface area contributed by atoms with Gasteiger partial charge >= 0.3 is 0 Å². The molecular formula is C17H20N2O4S. The first-order valence-corrected chi connectivity index (χ1v) is 9.10. The molecular weight excluding hydrogens is 328 g/mol. The molecule has 0 bridgehead atoms. The molecule has 24 heavy (non-hydrogen) atoms. The van der Waals surface area contributed by atoms with Crippen LogP contribution in [0.2, 0.25) is 0 Å². The first-order chi connectivity index (χ1) is 11.3. The van der Waals surface area contributed by atoms with Crippen molar-refractivity contribution in [1.82, 2.24) is 9.71 Å². The van der Waals surface area contributed by atoms with E-state index >= 15 is 0 Å². The summed E-state index contributed by atoms with van der Waals surface area (Å²) in [6, 6.07) is 8.89. The number of methoxy groups -OCH3 is 1. The van der Waals surface area contributed by atoms with Crippen molar-refractivity contribution in [2.75, 3.05) is 12.9 Å². The van der Waals surface area contributed by atoms with Gasteiger partial charge in [0.2, 0.25) is 10.0 Å². The molecule has 1 N–H and O–H groups in total. The van der Waals surface area contributed by atoms with Crippen LogP contribution in [0.1, 0.15) is 24.2 Å². The normalized spacial score (nSPS) is 11.3. The zero-order valence-corrected chi connectivity index (χ0v) is 14.6. The van der Waals surface area contributed by atoms with Gasteiger partial charge in [-0.25, -0.2) is 13.1 Å². The summed E-state index contributed by atoms with van der Waals surface area (Å²) in [5.74, 6) is -0.136. The zero-order chi connectivity index (χ0) is 17.7. The maximum atomic E-state index is 12.2. The summed E-state index contributed by atoms with van der Waals surface area (Å²) < 4.78 is 30.9. The summed E-state index contributed by atoms with van der Waals surface area (Å²) >= 11 is 0. The molecule has 1 aromatic heterocycles. The number of carbonyl (C=O) groups excluding carboxylic acids is 1. The number of nitrogens with one attached hydrogen (secondary N) is 1. The highest BCUT2D eigenvalue weighted by Gasteiger charge is 2.18. The number of carbonyl (C=O) groups is 1. The molecule has 0 saturated carbocycles. The highest BCUT2D eigenvalue weighted by Crippen LogP contribution is 2.22. The Hall–Kier alpha value is -2.41. The predicted octanol–water partition coefficient (Wildman–Crippen LogP) is 2.47. The zero-order valence-electron chi connectivity index (χ0n) is 13.8. The average Bonchev–Trinajstić information content (AvgIpc) is 2.53. The minimum absolute atomic E-state index is 0.0703. The number of nitrogens with zero attached hydrogens (tertiary/aromatic N) is 1. The van der Waals surface area contributed by atoms with E-state index in [-0.39, 0.29) is 17.2 Å². The maximum Gasteiger partial charge on any atom is 0.266 e. The lowest BCUT2D eigenvalue weighted by Crippen LogP contribution is -2.34. The molecule has 0 aliphatic heterocycles. The fourth-order valence-electron chi connectivity index (χ4n) is 2.19. The summed E-state index contributed by atoms with van der Waals surface area (Å²) in [6.07, 6.45) is 2.95. The van der Waals surface area contributed by atoms with Gasteiger partial charge in [0, 0.05) is 18.0 Å². The van der Waals surface area contributed by atoms with E-state index in [2.05, 4.69) is 9.71 Å². The fraction of sp³-hybridized carbons (Fsp3) is 0.294. The van der Waals surface area contributed by atoms with Gasteiger partial charge in [0.25, 0.3) is 5.91 Å². The topological polar surface area (TPSA) is 85.4 Å². The van der Waals surface area contributed by atoms with Crippen LogP contribution < -0.4 is 9.46 Å². The van der Waals surface area contributed by atoms with Crippen LogP contribution >= 0.6 is 0 Å². The Bertz CT molecular complexity index is 815. The van der Waals surface area contributed by atoms with Crippen LogP contribution in [0.5, 0.6) is 5.75 Å². The molecule has 2 aromatic rings. The highest BCUT2D eigenvalue weighted by atomic mass is 32.2. The van der Waals surface area contributed by atoms with Gasteiger partial charge in [0.1, 0.15) is 5.75 Å². The molecule has 2 rings (SSSR count). The van der Waals surface area contributed by atoms with E-state index in [4.69, 9.17) is 4.74 Å². The third kappa shape index (κ3) is 4.79. The molecule has 0 spiro atoms. The second kappa shape index (κ2) is 7.44. The Morgan fingerprint density at radius 3 is 2.42 bits per heavy atom. The van der Waals surface area contributed by atoms with Gasteiger partial charge in [-0.2, -0.15) is 0 Å². The van der Waals surface area contributed by atoms with Crippen molar-refractivity contribution in [1.29, 1.82) is 0 Å². The van der Waals surface area contributed by atoms with E-state index in [1.165, 1.54) is 6.20 Å². The number of ether oxygens (including phenoxy) is 1. The monoisotopic (exact) mass is 348 g/mol. The summed E-state index contributed by atoms with van der Waals surface area (Å²) in [4.78, 5) is 16.2. The summed E-state index contributed by atoms with van der Waals surface area (Å²) in [5.41, 5.74) is 1.75. The molecule has 1 heterocycles. The second-order valence-electron chi connectivity index (χ2n) is 5.80. The molecule has 1 aromatic carbocycles. The molecule has 0 unspecified atom stereocenters. The number of benzene rings is 1. The van der Waals surface area contributed by atoms with Crippen LogP contribution in [0, 0.1) is 5.92 Å². The number of sulfonamides is 1. The quantitative estimate of drug-likeness (QED) is 0.867. The van der Waals surface area contributed by atoms with Crippen molar-refractivity contribution >= 4 is 15.9 Å². The number of hydrogen-bond donors (Lipinski definition) is 1. The van der Waals surface area contributed by atoms with Crippen LogP contribution in [0.15, 0.2) is 42.7 Å². The highest BCUT2D eigenvalue weighted by molar-refractivity contribution is 7.90. The minimum Gasteiger partial charge on any atom is -0.497 e. The molecule has 0 saturated heterocycles. The Labute approximate surface area is 141 Å². The van der Waals surface area contributed by atoms with Crippen molar-refractivity contribution in [3.63, 3.8) is 0 Å². The minimum atomic E-state index is -3.66. The Morgan fingerprint density at radius 2 is 1.83 bits per heavy atom. The lowest BCUT2D eigenvalue weighted by Gasteiger charge is -2.09. The summed E-state index contributed by atoms with van der Waals surface area (Å²) in [6.45, 7) is 3.55. The lowest BCUT2D eigenvalue weighted by atomic mass is 10.1. The predicted molar refractivity (Wildman–Crippen MR) is 92.3 cm³/mol. The molecule has 0 atom stereocenters. The largest absolute Gasteiger partial charge is 0.497 e. The van der Waals surface area contributed by atoms with Crippen LogP contribution in [-0.4, -0.2) is 32.2 Å².